The zero-order valence-corrected chi connectivity index (χ0v) is 14.6. The van der Waals surface area contributed by atoms with Gasteiger partial charge in [-0.05, 0) is 30.9 Å². The Morgan fingerprint density at radius 1 is 1.32 bits per heavy atom. The third-order valence-corrected chi connectivity index (χ3v) is 4.77. The molecule has 3 rings (SSSR count). The average molecular weight is 359 g/mol. The number of pyridine rings is 1. The summed E-state index contributed by atoms with van der Waals surface area (Å²) < 4.78 is 10.2. The molecule has 1 aromatic heterocycles. The fourth-order valence-corrected chi connectivity index (χ4v) is 3.27. The number of fused-ring (bicyclic) bond motifs is 1. The van der Waals surface area contributed by atoms with E-state index in [0.29, 0.717) is 0 Å². The summed E-state index contributed by atoms with van der Waals surface area (Å²) in [5, 5.41) is 0. The van der Waals surface area contributed by atoms with Crippen LogP contribution in [-0.4, -0.2) is 29.8 Å². The molecule has 1 aliphatic heterocycles. The minimum absolute atomic E-state index is 0.00241. The van der Waals surface area contributed by atoms with Crippen molar-refractivity contribution >= 4 is 23.7 Å². The first-order chi connectivity index (χ1) is 12.0. The fraction of sp³-hybridized carbons (Fsp3) is 0.278. The lowest BCUT2D eigenvalue weighted by Crippen LogP contribution is -2.30. The Balaban J connectivity index is 2.13. The van der Waals surface area contributed by atoms with Crippen LogP contribution in [0.4, 0.5) is 0 Å². The minimum Gasteiger partial charge on any atom is -0.462 e. The number of hydrogen-bond acceptors (Lipinski definition) is 6. The Kier molecular flexibility index (Phi) is 4.94. The molecular weight excluding hydrogens is 342 g/mol. The lowest BCUT2D eigenvalue weighted by Gasteiger charge is -2.25. The van der Waals surface area contributed by atoms with Gasteiger partial charge >= 0.3 is 11.9 Å². The van der Waals surface area contributed by atoms with Crippen LogP contribution in [0.1, 0.15) is 40.7 Å². The number of hydrogen-bond donors (Lipinski definition) is 1. The average Bonchev–Trinajstić information content (AvgIpc) is 2.61. The molecule has 1 aromatic carbocycles. The van der Waals surface area contributed by atoms with Crippen molar-refractivity contribution in [1.82, 2.24) is 4.98 Å². The van der Waals surface area contributed by atoms with E-state index in [4.69, 9.17) is 9.47 Å². The minimum atomic E-state index is -0.638. The van der Waals surface area contributed by atoms with Crippen molar-refractivity contribution in [3.63, 3.8) is 0 Å². The quantitative estimate of drug-likeness (QED) is 0.667. The summed E-state index contributed by atoms with van der Waals surface area (Å²) in [6, 6.07) is 7.64. The highest BCUT2D eigenvalue weighted by molar-refractivity contribution is 7.98. The number of H-pyrrole nitrogens is 1. The molecule has 0 spiro atoms. The van der Waals surface area contributed by atoms with Gasteiger partial charge in [0.25, 0.3) is 5.56 Å². The van der Waals surface area contributed by atoms with Gasteiger partial charge in [0.05, 0.1) is 18.6 Å². The predicted molar refractivity (Wildman–Crippen MR) is 93.3 cm³/mol. The molecule has 2 heterocycles. The molecule has 7 heteroatoms. The molecule has 1 N–H and O–H groups in total. The van der Waals surface area contributed by atoms with Gasteiger partial charge in [-0.3, -0.25) is 9.59 Å². The summed E-state index contributed by atoms with van der Waals surface area (Å²) in [5.41, 5.74) is 0.772. The monoisotopic (exact) mass is 359 g/mol. The second kappa shape index (κ2) is 7.14. The van der Waals surface area contributed by atoms with Gasteiger partial charge in [-0.25, -0.2) is 4.79 Å². The van der Waals surface area contributed by atoms with E-state index in [1.807, 2.05) is 30.5 Å². The van der Waals surface area contributed by atoms with Gasteiger partial charge in [0, 0.05) is 17.0 Å². The zero-order chi connectivity index (χ0) is 18.0. The molecule has 0 saturated carbocycles. The van der Waals surface area contributed by atoms with Crippen LogP contribution < -0.4 is 10.3 Å². The van der Waals surface area contributed by atoms with E-state index in [1.54, 1.807) is 18.7 Å². The second-order valence-corrected chi connectivity index (χ2v) is 6.38. The van der Waals surface area contributed by atoms with Gasteiger partial charge in [-0.1, -0.05) is 12.1 Å². The maximum atomic E-state index is 12.4. The molecular formula is C18H17NO5S. The number of benzene rings is 1. The molecule has 0 unspecified atom stereocenters. The summed E-state index contributed by atoms with van der Waals surface area (Å²) in [4.78, 5) is 40.2. The van der Waals surface area contributed by atoms with Crippen LogP contribution >= 0.6 is 11.8 Å². The number of thioether (sulfide) groups is 1. The normalized spacial score (nSPS) is 16.1. The first kappa shape index (κ1) is 17.3. The highest BCUT2D eigenvalue weighted by Crippen LogP contribution is 2.38. The molecule has 0 saturated heterocycles. The Morgan fingerprint density at radius 3 is 2.68 bits per heavy atom. The standard InChI is InChI=1S/C18H17NO5S/c1-3-23-18(22)13-9-19-17(21)15-12(8-14(20)24-16(13)15)10-4-6-11(25-2)7-5-10/h4-7,9,12H,3,8H2,1-2H3,(H,19,21)/t12-/m0/s1. The Hall–Kier alpha value is -2.54. The summed E-state index contributed by atoms with van der Waals surface area (Å²) in [6.45, 7) is 1.86. The van der Waals surface area contributed by atoms with E-state index in [9.17, 15) is 14.4 Å². The van der Waals surface area contributed by atoms with Gasteiger partial charge in [0.1, 0.15) is 5.56 Å². The molecule has 1 atom stereocenters. The van der Waals surface area contributed by atoms with E-state index < -0.39 is 17.9 Å². The first-order valence-electron chi connectivity index (χ1n) is 7.82. The largest absolute Gasteiger partial charge is 0.462 e. The topological polar surface area (TPSA) is 85.5 Å². The van der Waals surface area contributed by atoms with E-state index in [2.05, 4.69) is 4.98 Å². The van der Waals surface area contributed by atoms with Crippen LogP contribution in [-0.2, 0) is 9.53 Å². The molecule has 0 aliphatic carbocycles. The number of aromatic amines is 1. The van der Waals surface area contributed by atoms with Crippen LogP contribution in [0.5, 0.6) is 5.75 Å². The first-order valence-corrected chi connectivity index (χ1v) is 9.05. The van der Waals surface area contributed by atoms with Gasteiger partial charge < -0.3 is 14.5 Å². The molecule has 0 fully saturated rings. The summed E-state index contributed by atoms with van der Waals surface area (Å²) in [5.74, 6) is -1.59. The predicted octanol–water partition coefficient (Wildman–Crippen LogP) is 2.71. The molecule has 6 nitrogen and oxygen atoms in total. The maximum absolute atomic E-state index is 12.4. The van der Waals surface area contributed by atoms with E-state index >= 15 is 0 Å². The molecule has 0 amide bonds. The van der Waals surface area contributed by atoms with Crippen LogP contribution in [0, 0.1) is 0 Å². The Morgan fingerprint density at radius 2 is 2.04 bits per heavy atom. The third kappa shape index (κ3) is 3.32. The van der Waals surface area contributed by atoms with Crippen molar-refractivity contribution in [2.45, 2.75) is 24.2 Å². The van der Waals surface area contributed by atoms with Crippen LogP contribution in [0.2, 0.25) is 0 Å². The molecule has 130 valence electrons. The van der Waals surface area contributed by atoms with Gasteiger partial charge in [0.15, 0.2) is 5.75 Å². The van der Waals surface area contributed by atoms with Crippen molar-refractivity contribution in [3.05, 3.63) is 57.5 Å². The fourth-order valence-electron chi connectivity index (χ4n) is 2.86. The van der Waals surface area contributed by atoms with Gasteiger partial charge in [-0.2, -0.15) is 0 Å². The lowest BCUT2D eigenvalue weighted by molar-refractivity contribution is -0.135. The molecule has 1 aliphatic rings. The molecule has 25 heavy (non-hydrogen) atoms. The Bertz CT molecular complexity index is 872. The van der Waals surface area contributed by atoms with Crippen molar-refractivity contribution in [1.29, 1.82) is 0 Å². The highest BCUT2D eigenvalue weighted by atomic mass is 32.2. The van der Waals surface area contributed by atoms with Crippen LogP contribution in [0.25, 0.3) is 0 Å². The van der Waals surface area contributed by atoms with Crippen molar-refractivity contribution in [3.8, 4) is 5.75 Å². The molecule has 2 aromatic rings. The van der Waals surface area contributed by atoms with Crippen molar-refractivity contribution in [2.24, 2.45) is 0 Å². The van der Waals surface area contributed by atoms with Crippen LogP contribution in [0.15, 0.2) is 40.2 Å². The van der Waals surface area contributed by atoms with Crippen LogP contribution in [0.3, 0.4) is 0 Å². The van der Waals surface area contributed by atoms with Gasteiger partial charge in [-0.15, -0.1) is 11.8 Å². The van der Waals surface area contributed by atoms with E-state index in [1.165, 1.54) is 6.20 Å². The number of ether oxygens (including phenoxy) is 2. The van der Waals surface area contributed by atoms with Crippen molar-refractivity contribution < 1.29 is 19.1 Å². The maximum Gasteiger partial charge on any atom is 0.343 e. The van der Waals surface area contributed by atoms with E-state index in [-0.39, 0.29) is 35.5 Å². The number of esters is 2. The summed E-state index contributed by atoms with van der Waals surface area (Å²) >= 11 is 1.60. The summed E-state index contributed by atoms with van der Waals surface area (Å²) in [7, 11) is 0. The smallest absolute Gasteiger partial charge is 0.343 e. The summed E-state index contributed by atoms with van der Waals surface area (Å²) in [6.07, 6.45) is 3.24. The Labute approximate surface area is 148 Å². The van der Waals surface area contributed by atoms with Crippen molar-refractivity contribution in [2.75, 3.05) is 12.9 Å². The SMILES string of the molecule is CCOC(=O)c1c[nH]c(=O)c2c1OC(=O)C[C@H]2c1ccc(SC)cc1. The number of rotatable bonds is 4. The number of nitrogens with one attached hydrogen (secondary N) is 1. The second-order valence-electron chi connectivity index (χ2n) is 5.50. The van der Waals surface area contributed by atoms with Gasteiger partial charge in [0.2, 0.25) is 0 Å². The van der Waals surface area contributed by atoms with E-state index in [0.717, 1.165) is 10.5 Å². The lowest BCUT2D eigenvalue weighted by atomic mass is 9.86. The molecule has 0 bridgehead atoms. The number of aromatic nitrogens is 1. The molecule has 0 radical (unpaired) electrons. The highest BCUT2D eigenvalue weighted by Gasteiger charge is 2.34. The zero-order valence-electron chi connectivity index (χ0n) is 13.8. The third-order valence-electron chi connectivity index (χ3n) is 4.03. The number of carbonyl (C=O) groups excluding carboxylic acids is 2. The number of carbonyl (C=O) groups is 2.